The highest BCUT2D eigenvalue weighted by atomic mass is 16.5. The molecule has 3 rings (SSSR count). The number of aliphatic carboxylic acids is 1. The molecule has 0 spiro atoms. The Kier molecular flexibility index (Phi) is 3.71. The predicted molar refractivity (Wildman–Crippen MR) is 80.0 cm³/mol. The maximum absolute atomic E-state index is 12.3. The minimum atomic E-state index is -1.14. The van der Waals surface area contributed by atoms with Crippen molar-refractivity contribution in [3.05, 3.63) is 29.8 Å². The van der Waals surface area contributed by atoms with Crippen LogP contribution in [0.5, 0.6) is 5.75 Å². The largest absolute Gasteiger partial charge is 0.497 e. The molecule has 0 aromatic heterocycles. The van der Waals surface area contributed by atoms with Gasteiger partial charge in [-0.3, -0.25) is 14.9 Å². The molecule has 23 heavy (non-hydrogen) atoms. The van der Waals surface area contributed by atoms with Gasteiger partial charge in [0.05, 0.1) is 13.0 Å². The zero-order valence-corrected chi connectivity index (χ0v) is 12.7. The third-order valence-corrected chi connectivity index (χ3v) is 4.65. The molecule has 1 unspecified atom stereocenters. The summed E-state index contributed by atoms with van der Waals surface area (Å²) in [6.45, 7) is 0. The predicted octanol–water partition coefficient (Wildman–Crippen LogP) is 0.927. The van der Waals surface area contributed by atoms with Gasteiger partial charge in [-0.25, -0.2) is 4.79 Å². The Hall–Kier alpha value is -2.57. The number of ether oxygens (including phenoxy) is 1. The number of carboxylic acid groups (broad SMARTS) is 1. The zero-order chi connectivity index (χ0) is 16.6. The molecule has 2 aliphatic rings. The first-order valence-corrected chi connectivity index (χ1v) is 7.45. The van der Waals surface area contributed by atoms with Crippen LogP contribution in [0.4, 0.5) is 4.79 Å². The van der Waals surface area contributed by atoms with E-state index in [0.717, 1.165) is 5.56 Å². The van der Waals surface area contributed by atoms with E-state index >= 15 is 0 Å². The van der Waals surface area contributed by atoms with E-state index in [1.54, 1.807) is 7.11 Å². The third kappa shape index (κ3) is 2.74. The van der Waals surface area contributed by atoms with Crippen molar-refractivity contribution in [2.75, 3.05) is 7.11 Å². The van der Waals surface area contributed by atoms with E-state index in [4.69, 9.17) is 9.84 Å². The van der Waals surface area contributed by atoms with Gasteiger partial charge in [-0.2, -0.15) is 0 Å². The fourth-order valence-corrected chi connectivity index (χ4v) is 3.31. The van der Waals surface area contributed by atoms with Gasteiger partial charge >= 0.3 is 12.0 Å². The van der Waals surface area contributed by atoms with Crippen LogP contribution in [-0.4, -0.2) is 35.7 Å². The highest BCUT2D eigenvalue weighted by Gasteiger charge is 2.62. The third-order valence-electron chi connectivity index (χ3n) is 4.65. The van der Waals surface area contributed by atoms with Crippen molar-refractivity contribution in [2.45, 2.75) is 24.8 Å². The smallest absolute Gasteiger partial charge is 0.322 e. The van der Waals surface area contributed by atoms with Gasteiger partial charge in [0.15, 0.2) is 0 Å². The molecule has 7 heteroatoms. The van der Waals surface area contributed by atoms with Crippen LogP contribution in [0.2, 0.25) is 0 Å². The standard InChI is InChI=1S/C16H18N2O5/c1-23-10-4-2-3-9(7-10)5-6-16(12-8-11(12)13(19)20)14(21)17-15(22)18-16/h2-4,7,11-12H,5-6,8H2,1H3,(H,19,20)(H2,17,18,21,22)/t11-,12-,16?/m0/s1. The minimum Gasteiger partial charge on any atom is -0.497 e. The molecule has 7 nitrogen and oxygen atoms in total. The number of hydrogen-bond acceptors (Lipinski definition) is 4. The second kappa shape index (κ2) is 5.57. The molecule has 3 amide bonds. The van der Waals surface area contributed by atoms with Crippen LogP contribution in [0, 0.1) is 11.8 Å². The van der Waals surface area contributed by atoms with E-state index in [-0.39, 0.29) is 5.92 Å². The number of benzene rings is 1. The van der Waals surface area contributed by atoms with Gasteiger partial charge in [0.2, 0.25) is 0 Å². The summed E-state index contributed by atoms with van der Waals surface area (Å²) in [5, 5.41) is 14.1. The Balaban J connectivity index is 1.79. The van der Waals surface area contributed by atoms with Crippen molar-refractivity contribution in [3.8, 4) is 5.75 Å². The molecule has 1 saturated heterocycles. The summed E-state index contributed by atoms with van der Waals surface area (Å²) in [5.41, 5.74) is -0.173. The first kappa shape index (κ1) is 15.3. The second-order valence-electron chi connectivity index (χ2n) is 6.02. The van der Waals surface area contributed by atoms with Gasteiger partial charge in [0.1, 0.15) is 11.3 Å². The number of hydrogen-bond donors (Lipinski definition) is 3. The Bertz CT molecular complexity index is 674. The summed E-state index contributed by atoms with van der Waals surface area (Å²) in [6, 6.07) is 6.89. The molecule has 1 aromatic rings. The first-order chi connectivity index (χ1) is 11.0. The van der Waals surface area contributed by atoms with Crippen LogP contribution in [0.15, 0.2) is 24.3 Å². The number of methoxy groups -OCH3 is 1. The monoisotopic (exact) mass is 318 g/mol. The van der Waals surface area contributed by atoms with Crippen LogP contribution < -0.4 is 15.4 Å². The first-order valence-electron chi connectivity index (χ1n) is 7.45. The normalized spacial score (nSPS) is 28.9. The number of rotatable bonds is 6. The lowest BCUT2D eigenvalue weighted by atomic mass is 9.85. The minimum absolute atomic E-state index is 0.353. The number of urea groups is 1. The van der Waals surface area contributed by atoms with Gasteiger partial charge in [-0.05, 0) is 37.0 Å². The van der Waals surface area contributed by atoms with Gasteiger partial charge in [-0.1, -0.05) is 12.1 Å². The van der Waals surface area contributed by atoms with Crippen molar-refractivity contribution in [2.24, 2.45) is 11.8 Å². The summed E-state index contributed by atoms with van der Waals surface area (Å²) < 4.78 is 5.17. The molecule has 0 bridgehead atoms. The summed E-state index contributed by atoms with van der Waals surface area (Å²) in [4.78, 5) is 35.0. The lowest BCUT2D eigenvalue weighted by Crippen LogP contribution is -2.50. The molecule has 0 radical (unpaired) electrons. The quantitative estimate of drug-likeness (QED) is 0.677. The fourth-order valence-electron chi connectivity index (χ4n) is 3.31. The van der Waals surface area contributed by atoms with Crippen molar-refractivity contribution < 1.29 is 24.2 Å². The van der Waals surface area contributed by atoms with E-state index in [2.05, 4.69) is 10.6 Å². The number of nitrogens with one attached hydrogen (secondary N) is 2. The van der Waals surface area contributed by atoms with Crippen LogP contribution in [0.3, 0.4) is 0 Å². The van der Waals surface area contributed by atoms with Crippen LogP contribution >= 0.6 is 0 Å². The van der Waals surface area contributed by atoms with Crippen LogP contribution in [-0.2, 0) is 16.0 Å². The number of amides is 3. The average Bonchev–Trinajstić information content (AvgIpc) is 3.27. The molecule has 3 N–H and O–H groups in total. The number of carbonyl (C=O) groups excluding carboxylic acids is 2. The number of imide groups is 1. The molecule has 1 heterocycles. The van der Waals surface area contributed by atoms with E-state index in [0.29, 0.717) is 25.0 Å². The van der Waals surface area contributed by atoms with Crippen LogP contribution in [0.1, 0.15) is 18.4 Å². The summed E-state index contributed by atoms with van der Waals surface area (Å²) in [7, 11) is 1.58. The van der Waals surface area contributed by atoms with Crippen molar-refractivity contribution in [3.63, 3.8) is 0 Å². The van der Waals surface area contributed by atoms with E-state index in [9.17, 15) is 14.4 Å². The number of aryl methyl sites for hydroxylation is 1. The number of carboxylic acids is 1. The number of carbonyl (C=O) groups is 3. The highest BCUT2D eigenvalue weighted by molar-refractivity contribution is 6.07. The van der Waals surface area contributed by atoms with Gasteiger partial charge in [0.25, 0.3) is 5.91 Å². The van der Waals surface area contributed by atoms with E-state index in [1.807, 2.05) is 24.3 Å². The SMILES string of the molecule is COc1cccc(CCC2([C@H]3C[C@@H]3C(=O)O)NC(=O)NC2=O)c1. The molecular formula is C16H18N2O5. The van der Waals surface area contributed by atoms with Gasteiger partial charge < -0.3 is 15.2 Å². The molecular weight excluding hydrogens is 300 g/mol. The average molecular weight is 318 g/mol. The fraction of sp³-hybridized carbons (Fsp3) is 0.438. The van der Waals surface area contributed by atoms with Crippen molar-refractivity contribution in [1.29, 1.82) is 0 Å². The Morgan fingerprint density at radius 1 is 1.43 bits per heavy atom. The maximum atomic E-state index is 12.3. The second-order valence-corrected chi connectivity index (χ2v) is 6.02. The maximum Gasteiger partial charge on any atom is 0.322 e. The molecule has 1 aromatic carbocycles. The molecule has 1 saturated carbocycles. The summed E-state index contributed by atoms with van der Waals surface area (Å²) >= 11 is 0. The lowest BCUT2D eigenvalue weighted by Gasteiger charge is -2.26. The topological polar surface area (TPSA) is 105 Å². The zero-order valence-electron chi connectivity index (χ0n) is 12.7. The summed E-state index contributed by atoms with van der Waals surface area (Å²) in [5.74, 6) is -1.59. The highest BCUT2D eigenvalue weighted by Crippen LogP contribution is 2.49. The molecule has 122 valence electrons. The van der Waals surface area contributed by atoms with Gasteiger partial charge in [-0.15, -0.1) is 0 Å². The lowest BCUT2D eigenvalue weighted by molar-refractivity contribution is -0.139. The molecule has 1 aliphatic heterocycles. The van der Waals surface area contributed by atoms with E-state index in [1.165, 1.54) is 0 Å². The van der Waals surface area contributed by atoms with Crippen molar-refractivity contribution >= 4 is 17.9 Å². The van der Waals surface area contributed by atoms with Crippen LogP contribution in [0.25, 0.3) is 0 Å². The molecule has 1 aliphatic carbocycles. The van der Waals surface area contributed by atoms with Gasteiger partial charge in [0, 0.05) is 5.92 Å². The van der Waals surface area contributed by atoms with E-state index < -0.39 is 29.4 Å². The van der Waals surface area contributed by atoms with Crippen molar-refractivity contribution in [1.82, 2.24) is 10.6 Å². The Morgan fingerprint density at radius 3 is 2.78 bits per heavy atom. The Morgan fingerprint density at radius 2 is 2.22 bits per heavy atom. The molecule has 2 fully saturated rings. The summed E-state index contributed by atoms with van der Waals surface area (Å²) in [6.07, 6.45) is 1.29. The Labute approximate surface area is 133 Å². The molecule has 3 atom stereocenters.